The lowest BCUT2D eigenvalue weighted by Crippen LogP contribution is -2.45. The third-order valence-corrected chi connectivity index (χ3v) is 3.87. The summed E-state index contributed by atoms with van der Waals surface area (Å²) in [7, 11) is 0. The summed E-state index contributed by atoms with van der Waals surface area (Å²) in [5, 5.41) is 12.8. The van der Waals surface area contributed by atoms with E-state index in [1.807, 2.05) is 11.0 Å². The fourth-order valence-corrected chi connectivity index (χ4v) is 2.85. The summed E-state index contributed by atoms with van der Waals surface area (Å²) in [6, 6.07) is 5.45. The van der Waals surface area contributed by atoms with Gasteiger partial charge in [0.1, 0.15) is 5.75 Å². The number of phenols is 1. The zero-order valence-electron chi connectivity index (χ0n) is 10.4. The second-order valence-corrected chi connectivity index (χ2v) is 5.11. The van der Waals surface area contributed by atoms with Crippen molar-refractivity contribution in [2.45, 2.75) is 31.8 Å². The second kappa shape index (κ2) is 4.61. The molecule has 0 aliphatic carbocycles. The summed E-state index contributed by atoms with van der Waals surface area (Å²) in [6.45, 7) is 2.36. The lowest BCUT2D eigenvalue weighted by atomic mass is 9.99. The van der Waals surface area contributed by atoms with Crippen LogP contribution in [0.25, 0.3) is 0 Å². The zero-order valence-corrected chi connectivity index (χ0v) is 10.4. The summed E-state index contributed by atoms with van der Waals surface area (Å²) in [5.74, 6) is 0.489. The molecule has 1 aromatic carbocycles. The smallest absolute Gasteiger partial charge is 0.240 e. The molecule has 0 radical (unpaired) electrons. The molecule has 0 spiro atoms. The number of nitrogens with one attached hydrogen (secondary N) is 1. The fraction of sp³-hybridized carbons (Fsp3) is 0.500. The van der Waals surface area contributed by atoms with Crippen LogP contribution in [-0.2, 0) is 17.8 Å². The molecule has 3 rings (SSSR count). The van der Waals surface area contributed by atoms with Crippen molar-refractivity contribution in [1.29, 1.82) is 0 Å². The van der Waals surface area contributed by atoms with E-state index in [2.05, 4.69) is 5.32 Å². The van der Waals surface area contributed by atoms with Crippen LogP contribution < -0.4 is 5.32 Å². The van der Waals surface area contributed by atoms with E-state index in [9.17, 15) is 9.90 Å². The van der Waals surface area contributed by atoms with Crippen molar-refractivity contribution in [2.24, 2.45) is 0 Å². The van der Waals surface area contributed by atoms with Gasteiger partial charge in [0.05, 0.1) is 6.04 Å². The summed E-state index contributed by atoms with van der Waals surface area (Å²) in [4.78, 5) is 14.2. The number of benzene rings is 1. The van der Waals surface area contributed by atoms with Crippen molar-refractivity contribution in [3.63, 3.8) is 0 Å². The summed E-state index contributed by atoms with van der Waals surface area (Å²) in [6.07, 6.45) is 2.91. The van der Waals surface area contributed by atoms with Gasteiger partial charge in [0.15, 0.2) is 0 Å². The molecule has 18 heavy (non-hydrogen) atoms. The van der Waals surface area contributed by atoms with Crippen LogP contribution in [0.2, 0.25) is 0 Å². The first-order chi connectivity index (χ1) is 8.74. The number of carbonyl (C=O) groups excluding carboxylic acids is 1. The maximum atomic E-state index is 12.3. The Kier molecular flexibility index (Phi) is 2.96. The van der Waals surface area contributed by atoms with Gasteiger partial charge in [-0.05, 0) is 49.1 Å². The minimum atomic E-state index is 0.00357. The Balaban J connectivity index is 1.75. The van der Waals surface area contributed by atoms with Gasteiger partial charge in [-0.25, -0.2) is 0 Å². The van der Waals surface area contributed by atoms with Crippen molar-refractivity contribution in [1.82, 2.24) is 10.2 Å². The number of hydrogen-bond donors (Lipinski definition) is 2. The lowest BCUT2D eigenvalue weighted by molar-refractivity contribution is -0.134. The van der Waals surface area contributed by atoms with Crippen molar-refractivity contribution in [3.8, 4) is 5.75 Å². The predicted molar refractivity (Wildman–Crippen MR) is 68.3 cm³/mol. The summed E-state index contributed by atoms with van der Waals surface area (Å²) < 4.78 is 0. The topological polar surface area (TPSA) is 52.6 Å². The molecule has 2 aliphatic heterocycles. The quantitative estimate of drug-likeness (QED) is 0.778. The van der Waals surface area contributed by atoms with E-state index in [0.717, 1.165) is 37.9 Å². The highest BCUT2D eigenvalue weighted by Crippen LogP contribution is 2.24. The van der Waals surface area contributed by atoms with Gasteiger partial charge < -0.3 is 15.3 Å². The maximum absolute atomic E-state index is 12.3. The van der Waals surface area contributed by atoms with Gasteiger partial charge in [-0.15, -0.1) is 0 Å². The Hall–Kier alpha value is -1.55. The molecule has 1 saturated heterocycles. The van der Waals surface area contributed by atoms with Crippen molar-refractivity contribution in [2.75, 3.05) is 13.1 Å². The van der Waals surface area contributed by atoms with E-state index in [-0.39, 0.29) is 17.7 Å². The highest BCUT2D eigenvalue weighted by atomic mass is 16.3. The average Bonchev–Trinajstić information content (AvgIpc) is 2.90. The largest absolute Gasteiger partial charge is 0.508 e. The SMILES string of the molecule is O=C([C@H]1CCCN1)N1CCc2ccc(O)cc2C1. The minimum Gasteiger partial charge on any atom is -0.508 e. The number of amides is 1. The Morgan fingerprint density at radius 2 is 2.28 bits per heavy atom. The fourth-order valence-electron chi connectivity index (χ4n) is 2.85. The molecule has 4 nitrogen and oxygen atoms in total. The number of fused-ring (bicyclic) bond motifs is 1. The van der Waals surface area contributed by atoms with Gasteiger partial charge in [-0.3, -0.25) is 4.79 Å². The molecule has 1 atom stereocenters. The molecule has 2 aliphatic rings. The third kappa shape index (κ3) is 2.08. The molecule has 1 fully saturated rings. The van der Waals surface area contributed by atoms with Crippen LogP contribution in [0.5, 0.6) is 5.75 Å². The van der Waals surface area contributed by atoms with E-state index in [1.165, 1.54) is 5.56 Å². The van der Waals surface area contributed by atoms with Crippen LogP contribution in [0.15, 0.2) is 18.2 Å². The van der Waals surface area contributed by atoms with Gasteiger partial charge >= 0.3 is 0 Å². The van der Waals surface area contributed by atoms with Crippen molar-refractivity contribution in [3.05, 3.63) is 29.3 Å². The second-order valence-electron chi connectivity index (χ2n) is 5.11. The maximum Gasteiger partial charge on any atom is 0.240 e. The molecule has 0 unspecified atom stereocenters. The number of rotatable bonds is 1. The van der Waals surface area contributed by atoms with Crippen LogP contribution >= 0.6 is 0 Å². The number of phenolic OH excluding ortho intramolecular Hbond substituents is 1. The minimum absolute atomic E-state index is 0.00357. The normalized spacial score (nSPS) is 22.9. The first-order valence-corrected chi connectivity index (χ1v) is 6.57. The van der Waals surface area contributed by atoms with Crippen LogP contribution in [0.4, 0.5) is 0 Å². The van der Waals surface area contributed by atoms with Gasteiger partial charge in [-0.1, -0.05) is 6.07 Å². The van der Waals surface area contributed by atoms with E-state index < -0.39 is 0 Å². The highest BCUT2D eigenvalue weighted by Gasteiger charge is 2.29. The molecule has 0 aromatic heterocycles. The number of carbonyl (C=O) groups is 1. The Bertz CT molecular complexity index is 467. The van der Waals surface area contributed by atoms with E-state index >= 15 is 0 Å². The monoisotopic (exact) mass is 246 g/mol. The first-order valence-electron chi connectivity index (χ1n) is 6.57. The summed E-state index contributed by atoms with van der Waals surface area (Å²) in [5.41, 5.74) is 2.32. The highest BCUT2D eigenvalue weighted by molar-refractivity contribution is 5.82. The predicted octanol–water partition coefficient (Wildman–Crippen LogP) is 1.03. The van der Waals surface area contributed by atoms with Crippen LogP contribution in [0.1, 0.15) is 24.0 Å². The van der Waals surface area contributed by atoms with Crippen LogP contribution in [-0.4, -0.2) is 35.0 Å². The number of nitrogens with zero attached hydrogens (tertiary/aromatic N) is 1. The Labute approximate surface area is 107 Å². The first kappa shape index (κ1) is 11.5. The molecule has 1 aromatic rings. The van der Waals surface area contributed by atoms with Crippen molar-refractivity contribution >= 4 is 5.91 Å². The van der Waals surface area contributed by atoms with Crippen LogP contribution in [0, 0.1) is 0 Å². The number of aromatic hydroxyl groups is 1. The molecule has 0 bridgehead atoms. The zero-order chi connectivity index (χ0) is 12.5. The van der Waals surface area contributed by atoms with Gasteiger partial charge in [0.2, 0.25) is 5.91 Å². The van der Waals surface area contributed by atoms with Gasteiger partial charge in [-0.2, -0.15) is 0 Å². The Morgan fingerprint density at radius 3 is 3.06 bits per heavy atom. The molecule has 2 heterocycles. The third-order valence-electron chi connectivity index (χ3n) is 3.87. The average molecular weight is 246 g/mol. The van der Waals surface area contributed by atoms with Crippen molar-refractivity contribution < 1.29 is 9.90 Å². The standard InChI is InChI=1S/C14H18N2O2/c17-12-4-3-10-5-7-16(9-11(10)8-12)14(18)13-2-1-6-15-13/h3-4,8,13,15,17H,1-2,5-7,9H2/t13-/m1/s1. The molecule has 4 heteroatoms. The Morgan fingerprint density at radius 1 is 1.39 bits per heavy atom. The molecule has 96 valence electrons. The lowest BCUT2D eigenvalue weighted by Gasteiger charge is -2.31. The molecular weight excluding hydrogens is 228 g/mol. The number of hydrogen-bond acceptors (Lipinski definition) is 3. The van der Waals surface area contributed by atoms with Crippen LogP contribution in [0.3, 0.4) is 0 Å². The van der Waals surface area contributed by atoms with E-state index in [4.69, 9.17) is 0 Å². The van der Waals surface area contributed by atoms with Gasteiger partial charge in [0, 0.05) is 13.1 Å². The van der Waals surface area contributed by atoms with E-state index in [0.29, 0.717) is 6.54 Å². The molecule has 2 N–H and O–H groups in total. The van der Waals surface area contributed by atoms with Gasteiger partial charge in [0.25, 0.3) is 0 Å². The molecular formula is C14H18N2O2. The molecule has 1 amide bonds. The van der Waals surface area contributed by atoms with E-state index in [1.54, 1.807) is 12.1 Å². The summed E-state index contributed by atoms with van der Waals surface area (Å²) >= 11 is 0. The molecule has 0 saturated carbocycles.